The largest absolute Gasteiger partial charge is 0.362 e. The minimum absolute atomic E-state index is 0.611. The second kappa shape index (κ2) is 3.66. The van der Waals surface area contributed by atoms with Crippen LogP contribution in [0.2, 0.25) is 0 Å². The first-order chi connectivity index (χ1) is 6.40. The summed E-state index contributed by atoms with van der Waals surface area (Å²) in [5, 5.41) is 0. The molecule has 2 rings (SSSR count). The summed E-state index contributed by atoms with van der Waals surface area (Å²) in [6.07, 6.45) is 5.95. The molecule has 0 atom stereocenters. The van der Waals surface area contributed by atoms with Gasteiger partial charge in [0.05, 0.1) is 6.42 Å². The first kappa shape index (κ1) is 8.37. The van der Waals surface area contributed by atoms with E-state index >= 15 is 0 Å². The Hall–Kier alpha value is -1.23. The van der Waals surface area contributed by atoms with Crippen molar-refractivity contribution < 1.29 is 0 Å². The van der Waals surface area contributed by atoms with Crippen molar-refractivity contribution in [2.24, 2.45) is 0 Å². The molecule has 1 aliphatic carbocycles. The van der Waals surface area contributed by atoms with Crippen LogP contribution in [0.1, 0.15) is 29.8 Å². The third-order valence-corrected chi connectivity index (χ3v) is 2.66. The first-order valence-electron chi connectivity index (χ1n) is 4.93. The average molecular weight is 174 g/mol. The normalized spacial score (nSPS) is 15.0. The molecule has 0 aliphatic heterocycles. The number of hydrogen-bond donors (Lipinski definition) is 1. The molecule has 0 spiro atoms. The van der Waals surface area contributed by atoms with E-state index in [4.69, 9.17) is 6.57 Å². The van der Waals surface area contributed by atoms with Gasteiger partial charge in [-0.15, -0.1) is 0 Å². The molecule has 0 saturated carbocycles. The number of H-pyrrole nitrogens is 1. The molecule has 0 radical (unpaired) electrons. The number of aromatic amines is 1. The number of hydrogen-bond acceptors (Lipinski definition) is 0. The molecule has 1 aromatic heterocycles. The maximum Gasteiger partial charge on any atom is 0.220 e. The summed E-state index contributed by atoms with van der Waals surface area (Å²) in [4.78, 5) is 6.79. The van der Waals surface area contributed by atoms with Crippen LogP contribution in [-0.4, -0.2) is 11.5 Å². The highest BCUT2D eigenvalue weighted by Gasteiger charge is 2.12. The third kappa shape index (κ3) is 1.75. The maximum atomic E-state index is 6.73. The van der Waals surface area contributed by atoms with Gasteiger partial charge >= 0.3 is 0 Å². The standard InChI is InChI=1S/C11H14N2/c1-12-7-6-10-8-9-4-2-3-5-11(9)13-10/h8,13H,2-7H2. The fraction of sp³-hybridized carbons (Fsp3) is 0.545. The van der Waals surface area contributed by atoms with Gasteiger partial charge in [-0.3, -0.25) is 0 Å². The van der Waals surface area contributed by atoms with Gasteiger partial charge < -0.3 is 9.83 Å². The quantitative estimate of drug-likeness (QED) is 0.664. The fourth-order valence-corrected chi connectivity index (χ4v) is 1.98. The zero-order valence-corrected chi connectivity index (χ0v) is 7.77. The van der Waals surface area contributed by atoms with Crippen LogP contribution in [0.3, 0.4) is 0 Å². The SMILES string of the molecule is [C-]#[N+]CCc1cc2c([nH]1)CCCC2. The number of nitrogens with zero attached hydrogens (tertiary/aromatic N) is 1. The van der Waals surface area contributed by atoms with Gasteiger partial charge in [0.15, 0.2) is 0 Å². The molecule has 0 amide bonds. The van der Waals surface area contributed by atoms with Gasteiger partial charge in [-0.1, -0.05) is 0 Å². The Labute approximate surface area is 78.8 Å². The van der Waals surface area contributed by atoms with Crippen LogP contribution in [0.25, 0.3) is 4.85 Å². The maximum absolute atomic E-state index is 6.73. The average Bonchev–Trinajstić information content (AvgIpc) is 2.57. The van der Waals surface area contributed by atoms with E-state index in [0.29, 0.717) is 6.54 Å². The van der Waals surface area contributed by atoms with Crippen molar-refractivity contribution in [3.8, 4) is 0 Å². The highest BCUT2D eigenvalue weighted by Crippen LogP contribution is 2.21. The lowest BCUT2D eigenvalue weighted by atomic mass is 9.98. The second-order valence-electron chi connectivity index (χ2n) is 3.64. The van der Waals surface area contributed by atoms with Crippen LogP contribution in [-0.2, 0) is 19.3 Å². The summed E-state index contributed by atoms with van der Waals surface area (Å²) in [7, 11) is 0. The number of aryl methyl sites for hydroxylation is 2. The van der Waals surface area contributed by atoms with Gasteiger partial charge in [0.2, 0.25) is 6.54 Å². The van der Waals surface area contributed by atoms with E-state index in [1.807, 2.05) is 0 Å². The van der Waals surface area contributed by atoms with Gasteiger partial charge in [0.1, 0.15) is 0 Å². The summed E-state index contributed by atoms with van der Waals surface area (Å²) < 4.78 is 0. The number of nitrogens with one attached hydrogen (secondary N) is 1. The van der Waals surface area contributed by atoms with Crippen molar-refractivity contribution in [3.63, 3.8) is 0 Å². The lowest BCUT2D eigenvalue weighted by Crippen LogP contribution is -1.99. The Morgan fingerprint density at radius 3 is 3.00 bits per heavy atom. The van der Waals surface area contributed by atoms with E-state index < -0.39 is 0 Å². The number of fused-ring (bicyclic) bond motifs is 1. The Morgan fingerprint density at radius 1 is 1.38 bits per heavy atom. The molecule has 1 aliphatic rings. The molecule has 2 nitrogen and oxygen atoms in total. The van der Waals surface area contributed by atoms with Gasteiger partial charge in [-0.05, 0) is 37.3 Å². The van der Waals surface area contributed by atoms with Crippen molar-refractivity contribution in [1.82, 2.24) is 4.98 Å². The summed E-state index contributed by atoms with van der Waals surface area (Å²) in [6, 6.07) is 2.25. The summed E-state index contributed by atoms with van der Waals surface area (Å²) in [6.45, 7) is 7.34. The van der Waals surface area contributed by atoms with Crippen molar-refractivity contribution in [2.45, 2.75) is 32.1 Å². The first-order valence-corrected chi connectivity index (χ1v) is 4.93. The topological polar surface area (TPSA) is 20.1 Å². The summed E-state index contributed by atoms with van der Waals surface area (Å²) in [5.41, 5.74) is 4.17. The van der Waals surface area contributed by atoms with Crippen LogP contribution in [0.15, 0.2) is 6.07 Å². The predicted molar refractivity (Wildman–Crippen MR) is 52.6 cm³/mol. The molecule has 0 saturated heterocycles. The molecule has 13 heavy (non-hydrogen) atoms. The monoisotopic (exact) mass is 174 g/mol. The summed E-state index contributed by atoms with van der Waals surface area (Å²) >= 11 is 0. The molecule has 68 valence electrons. The second-order valence-corrected chi connectivity index (χ2v) is 3.64. The van der Waals surface area contributed by atoms with Crippen LogP contribution < -0.4 is 0 Å². The van der Waals surface area contributed by atoms with Crippen molar-refractivity contribution >= 4 is 0 Å². The van der Waals surface area contributed by atoms with Crippen molar-refractivity contribution in [3.05, 3.63) is 34.4 Å². The predicted octanol–water partition coefficient (Wildman–Crippen LogP) is 2.36. The molecule has 0 bridgehead atoms. The van der Waals surface area contributed by atoms with Gasteiger partial charge in [-0.25, -0.2) is 6.57 Å². The highest BCUT2D eigenvalue weighted by atomic mass is 14.7. The van der Waals surface area contributed by atoms with Crippen LogP contribution in [0, 0.1) is 6.57 Å². The zero-order chi connectivity index (χ0) is 9.10. The van der Waals surface area contributed by atoms with Gasteiger partial charge in [-0.2, -0.15) is 0 Å². The molecule has 1 heterocycles. The Balaban J connectivity index is 2.12. The number of aromatic nitrogens is 1. The summed E-state index contributed by atoms with van der Waals surface area (Å²) in [5.74, 6) is 0. The van der Waals surface area contributed by atoms with Crippen LogP contribution in [0.5, 0.6) is 0 Å². The lowest BCUT2D eigenvalue weighted by molar-refractivity contribution is 0.676. The molecular formula is C11H14N2. The minimum Gasteiger partial charge on any atom is -0.362 e. The number of rotatable bonds is 2. The molecule has 0 fully saturated rings. The fourth-order valence-electron chi connectivity index (χ4n) is 1.98. The molecule has 2 heteroatoms. The van der Waals surface area contributed by atoms with Gasteiger partial charge in [0, 0.05) is 11.4 Å². The minimum atomic E-state index is 0.611. The van der Waals surface area contributed by atoms with E-state index in [0.717, 1.165) is 6.42 Å². The van der Waals surface area contributed by atoms with E-state index in [-0.39, 0.29) is 0 Å². The molecule has 0 unspecified atom stereocenters. The molecule has 1 N–H and O–H groups in total. The Bertz CT molecular complexity index is 307. The van der Waals surface area contributed by atoms with Crippen LogP contribution in [0.4, 0.5) is 0 Å². The Morgan fingerprint density at radius 2 is 2.23 bits per heavy atom. The Kier molecular flexibility index (Phi) is 2.35. The van der Waals surface area contributed by atoms with Crippen molar-refractivity contribution in [2.75, 3.05) is 6.54 Å². The van der Waals surface area contributed by atoms with E-state index in [2.05, 4.69) is 15.9 Å². The lowest BCUT2D eigenvalue weighted by Gasteiger charge is -2.09. The third-order valence-electron chi connectivity index (χ3n) is 2.66. The van der Waals surface area contributed by atoms with E-state index in [9.17, 15) is 0 Å². The van der Waals surface area contributed by atoms with Crippen LogP contribution >= 0.6 is 0 Å². The highest BCUT2D eigenvalue weighted by molar-refractivity contribution is 5.28. The van der Waals surface area contributed by atoms with Gasteiger partial charge in [0.25, 0.3) is 0 Å². The van der Waals surface area contributed by atoms with E-state index in [1.54, 1.807) is 0 Å². The smallest absolute Gasteiger partial charge is 0.220 e. The van der Waals surface area contributed by atoms with Crippen molar-refractivity contribution in [1.29, 1.82) is 0 Å². The zero-order valence-electron chi connectivity index (χ0n) is 7.77. The molecule has 1 aromatic rings. The molecular weight excluding hydrogens is 160 g/mol. The van der Waals surface area contributed by atoms with E-state index in [1.165, 1.54) is 42.6 Å². The molecule has 0 aromatic carbocycles.